The van der Waals surface area contributed by atoms with Crippen LogP contribution in [0.1, 0.15) is 79.1 Å². The van der Waals surface area contributed by atoms with Gasteiger partial charge in [0.15, 0.2) is 0 Å². The first-order valence-corrected chi connectivity index (χ1v) is 11.4. The van der Waals surface area contributed by atoms with Gasteiger partial charge in [0.2, 0.25) is 0 Å². The lowest BCUT2D eigenvalue weighted by atomic mass is 9.45. The quantitative estimate of drug-likeness (QED) is 0.411. The molecule has 0 aromatic carbocycles. The molecule has 0 radical (unpaired) electrons. The second-order valence-corrected chi connectivity index (χ2v) is 12.4. The Balaban J connectivity index is 0.00000196. The third-order valence-electron chi connectivity index (χ3n) is 10.2. The van der Waals surface area contributed by atoms with E-state index in [1.165, 1.54) is 56.1 Å². The molecule has 2 heteroatoms. The first-order chi connectivity index (χ1) is 11.6. The van der Waals surface area contributed by atoms with E-state index in [-0.39, 0.29) is 24.0 Å². The second kappa shape index (κ2) is 7.18. The van der Waals surface area contributed by atoms with Gasteiger partial charge < -0.3 is 28.5 Å². The van der Waals surface area contributed by atoms with Gasteiger partial charge >= 0.3 is 0 Å². The highest BCUT2D eigenvalue weighted by molar-refractivity contribution is 5.04. The minimum atomic E-state index is 0. The fraction of sp³-hybridized carbons (Fsp3) is 1.00. The molecule has 1 nitrogen and oxygen atoms in total. The number of hydrogen-bond acceptors (Lipinski definition) is 0. The summed E-state index contributed by atoms with van der Waals surface area (Å²) in [6.45, 7) is 13.0. The van der Waals surface area contributed by atoms with Crippen LogP contribution in [0.3, 0.4) is 0 Å². The molecule has 6 atom stereocenters. The number of hydrogen-bond donors (Lipinski definition) is 0. The van der Waals surface area contributed by atoms with Crippen molar-refractivity contribution in [1.82, 2.24) is 0 Å². The highest BCUT2D eigenvalue weighted by atomic mass is 127. The molecule has 6 rings (SSSR count). The maximum absolute atomic E-state index is 2.55. The molecule has 0 amide bonds. The van der Waals surface area contributed by atoms with Gasteiger partial charge in [-0.3, -0.25) is 0 Å². The maximum atomic E-state index is 2.55. The first-order valence-electron chi connectivity index (χ1n) is 11.4. The summed E-state index contributed by atoms with van der Waals surface area (Å²) in [6.07, 6.45) is 12.1. The Hall–Kier alpha value is 0.690. The summed E-state index contributed by atoms with van der Waals surface area (Å²) in [4.78, 5) is 0. The van der Waals surface area contributed by atoms with Crippen LogP contribution in [0.2, 0.25) is 0 Å². The van der Waals surface area contributed by atoms with Crippen molar-refractivity contribution in [2.75, 3.05) is 27.2 Å². The lowest BCUT2D eigenvalue weighted by Gasteiger charge is -2.60. The second-order valence-electron chi connectivity index (χ2n) is 12.4. The monoisotopic (exact) mass is 473 g/mol. The summed E-state index contributed by atoms with van der Waals surface area (Å²) in [5, 5.41) is 0. The fourth-order valence-corrected chi connectivity index (χ4v) is 7.76. The topological polar surface area (TPSA) is 0 Å². The molecule has 6 fully saturated rings. The summed E-state index contributed by atoms with van der Waals surface area (Å²) >= 11 is 0. The Labute approximate surface area is 180 Å². The molecular weight excluding hydrogens is 429 g/mol. The van der Waals surface area contributed by atoms with Crippen LogP contribution in [0.15, 0.2) is 0 Å². The van der Waals surface area contributed by atoms with Crippen LogP contribution in [-0.2, 0) is 0 Å². The Kier molecular flexibility index (Phi) is 5.91. The van der Waals surface area contributed by atoms with Gasteiger partial charge in [0.1, 0.15) is 0 Å². The van der Waals surface area contributed by atoms with E-state index in [0.29, 0.717) is 10.8 Å². The molecule has 0 heterocycles. The van der Waals surface area contributed by atoms with E-state index in [1.54, 1.807) is 12.8 Å². The van der Waals surface area contributed by atoms with Crippen LogP contribution in [0.5, 0.6) is 0 Å². The number of nitrogens with zero attached hydrogens (tertiary/aromatic N) is 1. The van der Waals surface area contributed by atoms with Crippen LogP contribution in [0.4, 0.5) is 0 Å². The number of fused-ring (bicyclic) bond motifs is 4. The normalized spacial score (nSPS) is 42.2. The predicted molar refractivity (Wildman–Crippen MR) is 107 cm³/mol. The molecule has 0 spiro atoms. The molecule has 4 bridgehead atoms. The van der Waals surface area contributed by atoms with Crippen LogP contribution in [-0.4, -0.2) is 31.7 Å². The van der Waals surface area contributed by atoms with Gasteiger partial charge in [0.25, 0.3) is 0 Å². The summed E-state index contributed by atoms with van der Waals surface area (Å²) in [5.74, 6) is 6.24. The largest absolute Gasteiger partial charge is 1.00 e. The minimum Gasteiger partial charge on any atom is -1.00 e. The van der Waals surface area contributed by atoms with E-state index in [2.05, 4.69) is 41.8 Å². The molecule has 0 aromatic heterocycles. The van der Waals surface area contributed by atoms with Gasteiger partial charge in [0, 0.05) is 0 Å². The SMILES string of the molecule is CC1(C)[C@@H]2CC[C@H](CC[N+](C)(C)CC[C@H]3CC[C@@H]4C[C@H]3C4(C)C)[C@H]1C2.[I-]. The van der Waals surface area contributed by atoms with Crippen molar-refractivity contribution < 1.29 is 28.5 Å². The minimum absolute atomic E-state index is 0. The third-order valence-corrected chi connectivity index (χ3v) is 10.2. The van der Waals surface area contributed by atoms with Crippen molar-refractivity contribution in [2.24, 2.45) is 46.3 Å². The molecule has 6 aliphatic carbocycles. The van der Waals surface area contributed by atoms with Gasteiger partial charge in [0.05, 0.1) is 27.2 Å². The summed E-state index contributed by atoms with van der Waals surface area (Å²) < 4.78 is 1.26. The zero-order valence-electron chi connectivity index (χ0n) is 18.4. The van der Waals surface area contributed by atoms with Crippen LogP contribution >= 0.6 is 0 Å². The molecular formula is C24H44IN. The number of quaternary nitrogens is 1. The molecule has 152 valence electrons. The maximum Gasteiger partial charge on any atom is 0.0785 e. The van der Waals surface area contributed by atoms with Crippen molar-refractivity contribution in [3.05, 3.63) is 0 Å². The van der Waals surface area contributed by atoms with E-state index in [4.69, 9.17) is 0 Å². The Morgan fingerprint density at radius 1 is 0.692 bits per heavy atom. The van der Waals surface area contributed by atoms with Gasteiger partial charge in [-0.15, -0.1) is 0 Å². The number of halogens is 1. The Bertz CT molecular complexity index is 460. The molecule has 0 unspecified atom stereocenters. The highest BCUT2D eigenvalue weighted by Gasteiger charge is 2.55. The lowest BCUT2D eigenvalue weighted by Crippen LogP contribution is -3.00. The molecule has 26 heavy (non-hydrogen) atoms. The molecule has 0 aliphatic heterocycles. The van der Waals surface area contributed by atoms with Crippen molar-refractivity contribution in [3.63, 3.8) is 0 Å². The predicted octanol–water partition coefficient (Wildman–Crippen LogP) is 2.99. The van der Waals surface area contributed by atoms with E-state index in [0.717, 1.165) is 35.5 Å². The van der Waals surface area contributed by atoms with E-state index >= 15 is 0 Å². The van der Waals surface area contributed by atoms with Gasteiger partial charge in [-0.1, -0.05) is 27.7 Å². The van der Waals surface area contributed by atoms with E-state index in [9.17, 15) is 0 Å². The number of rotatable bonds is 6. The molecule has 6 aliphatic rings. The van der Waals surface area contributed by atoms with Gasteiger partial charge in [-0.05, 0) is 97.7 Å². The first kappa shape index (κ1) is 21.4. The zero-order chi connectivity index (χ0) is 18.0. The van der Waals surface area contributed by atoms with Crippen molar-refractivity contribution in [1.29, 1.82) is 0 Å². The standard InChI is InChI=1S/C24H44N.HI/c1-23(2)19-9-7-17(21(23)15-19)11-13-25(5,6)14-12-18-8-10-20-16-22(18)24(20,3)4;/h17-22H,7-16H2,1-6H3;1H/q+1;/p-1/t17-,18-,19-,20-,21-,22-;/m1./s1. The summed E-state index contributed by atoms with van der Waals surface area (Å²) in [5.41, 5.74) is 1.32. The Morgan fingerprint density at radius 2 is 1.08 bits per heavy atom. The fourth-order valence-electron chi connectivity index (χ4n) is 7.76. The zero-order valence-corrected chi connectivity index (χ0v) is 20.5. The van der Waals surface area contributed by atoms with Crippen LogP contribution in [0.25, 0.3) is 0 Å². The molecule has 6 saturated carbocycles. The van der Waals surface area contributed by atoms with Crippen LogP contribution < -0.4 is 24.0 Å². The van der Waals surface area contributed by atoms with E-state index < -0.39 is 0 Å². The van der Waals surface area contributed by atoms with Gasteiger partial charge in [-0.25, -0.2) is 0 Å². The van der Waals surface area contributed by atoms with Crippen molar-refractivity contribution >= 4 is 0 Å². The van der Waals surface area contributed by atoms with E-state index in [1.807, 2.05) is 0 Å². The third kappa shape index (κ3) is 3.53. The average Bonchev–Trinajstić information content (AvgIpc) is 2.58. The molecule has 0 N–H and O–H groups in total. The van der Waals surface area contributed by atoms with Crippen molar-refractivity contribution in [3.8, 4) is 0 Å². The summed E-state index contributed by atoms with van der Waals surface area (Å²) in [7, 11) is 5.02. The molecule has 0 aromatic rings. The summed E-state index contributed by atoms with van der Waals surface area (Å²) in [6, 6.07) is 0. The van der Waals surface area contributed by atoms with Gasteiger partial charge in [-0.2, -0.15) is 0 Å². The Morgan fingerprint density at radius 3 is 1.38 bits per heavy atom. The average molecular weight is 474 g/mol. The molecule has 0 saturated heterocycles. The van der Waals surface area contributed by atoms with Crippen LogP contribution in [0, 0.1) is 46.3 Å². The highest BCUT2D eigenvalue weighted by Crippen LogP contribution is 2.63. The lowest BCUT2D eigenvalue weighted by molar-refractivity contribution is -0.891. The van der Waals surface area contributed by atoms with Crippen molar-refractivity contribution in [2.45, 2.75) is 79.1 Å². The smallest absolute Gasteiger partial charge is 0.0785 e.